The minimum atomic E-state index is -0.459. The van der Waals surface area contributed by atoms with Crippen LogP contribution in [0.5, 0.6) is 5.88 Å². The van der Waals surface area contributed by atoms with Crippen LogP contribution in [0.4, 0.5) is 0 Å². The maximum Gasteiger partial charge on any atom is 0.213 e. The van der Waals surface area contributed by atoms with Crippen molar-refractivity contribution in [2.24, 2.45) is 5.73 Å². The molecule has 6 heteroatoms. The first-order valence-corrected chi connectivity index (χ1v) is 5.15. The Bertz CT molecular complexity index is 480. The maximum atomic E-state index is 9.06. The van der Waals surface area contributed by atoms with Gasteiger partial charge in [-0.05, 0) is 6.07 Å². The van der Waals surface area contributed by atoms with E-state index in [0.717, 1.165) is 11.4 Å². The second kappa shape index (κ2) is 4.94. The number of aliphatic hydroxyl groups is 1. The predicted octanol–water partition coefficient (Wildman–Crippen LogP) is 0.268. The van der Waals surface area contributed by atoms with Gasteiger partial charge in [0.1, 0.15) is 0 Å². The number of hydrogen-bond acceptors (Lipinski definition) is 5. The van der Waals surface area contributed by atoms with E-state index in [-0.39, 0.29) is 6.61 Å². The van der Waals surface area contributed by atoms with Crippen molar-refractivity contribution < 1.29 is 9.84 Å². The van der Waals surface area contributed by atoms with Crippen LogP contribution in [0, 0.1) is 0 Å². The van der Waals surface area contributed by atoms with Gasteiger partial charge in [0.15, 0.2) is 0 Å². The predicted molar refractivity (Wildman–Crippen MR) is 61.9 cm³/mol. The molecule has 3 N–H and O–H groups in total. The molecule has 0 radical (unpaired) electrons. The minimum absolute atomic E-state index is 0.130. The van der Waals surface area contributed by atoms with Gasteiger partial charge in [-0.1, -0.05) is 0 Å². The van der Waals surface area contributed by atoms with Gasteiger partial charge in [-0.3, -0.25) is 0 Å². The third-order valence-corrected chi connectivity index (χ3v) is 2.45. The summed E-state index contributed by atoms with van der Waals surface area (Å²) in [5, 5.41) is 9.06. The molecule has 0 fully saturated rings. The second-order valence-electron chi connectivity index (χ2n) is 3.54. The number of aliphatic hydroxyl groups excluding tert-OH is 1. The van der Waals surface area contributed by atoms with Gasteiger partial charge in [0, 0.05) is 6.07 Å². The largest absolute Gasteiger partial charge is 0.481 e. The Labute approximate surface area is 98.7 Å². The molecule has 1 unspecified atom stereocenters. The van der Waals surface area contributed by atoms with Crippen molar-refractivity contribution in [3.05, 3.63) is 36.5 Å². The molecule has 2 heterocycles. The molecule has 0 aliphatic heterocycles. The summed E-state index contributed by atoms with van der Waals surface area (Å²) in [7, 11) is 1.56. The summed E-state index contributed by atoms with van der Waals surface area (Å²) in [5.74, 6) is 0.543. The van der Waals surface area contributed by atoms with E-state index in [1.165, 1.54) is 0 Å². The molecule has 0 spiro atoms. The van der Waals surface area contributed by atoms with Crippen molar-refractivity contribution in [3.8, 4) is 11.6 Å². The van der Waals surface area contributed by atoms with Crippen LogP contribution in [0.25, 0.3) is 5.69 Å². The quantitative estimate of drug-likeness (QED) is 0.793. The van der Waals surface area contributed by atoms with E-state index < -0.39 is 6.04 Å². The third kappa shape index (κ3) is 2.27. The van der Waals surface area contributed by atoms with Crippen LogP contribution >= 0.6 is 0 Å². The molecule has 0 amide bonds. The van der Waals surface area contributed by atoms with Crippen molar-refractivity contribution in [2.75, 3.05) is 13.7 Å². The zero-order chi connectivity index (χ0) is 12.3. The first-order valence-electron chi connectivity index (χ1n) is 5.15. The van der Waals surface area contributed by atoms with Gasteiger partial charge in [-0.15, -0.1) is 0 Å². The highest BCUT2D eigenvalue weighted by Crippen LogP contribution is 2.16. The Kier molecular flexibility index (Phi) is 3.36. The number of methoxy groups -OCH3 is 1. The minimum Gasteiger partial charge on any atom is -0.481 e. The number of pyridine rings is 1. The molecule has 0 aromatic carbocycles. The third-order valence-electron chi connectivity index (χ3n) is 2.45. The molecule has 2 aromatic rings. The fourth-order valence-electron chi connectivity index (χ4n) is 1.52. The van der Waals surface area contributed by atoms with Crippen molar-refractivity contribution in [3.63, 3.8) is 0 Å². The van der Waals surface area contributed by atoms with Gasteiger partial charge < -0.3 is 20.1 Å². The van der Waals surface area contributed by atoms with Crippen molar-refractivity contribution >= 4 is 0 Å². The summed E-state index contributed by atoms with van der Waals surface area (Å²) in [4.78, 5) is 8.13. The summed E-state index contributed by atoms with van der Waals surface area (Å²) in [6.07, 6.45) is 4.92. The van der Waals surface area contributed by atoms with Gasteiger partial charge in [0.05, 0.1) is 49.9 Å². The lowest BCUT2D eigenvalue weighted by Gasteiger charge is -2.12. The summed E-state index contributed by atoms with van der Waals surface area (Å²) >= 11 is 0. The van der Waals surface area contributed by atoms with Crippen LogP contribution in [0.3, 0.4) is 0 Å². The Morgan fingerprint density at radius 1 is 1.47 bits per heavy atom. The van der Waals surface area contributed by atoms with E-state index in [1.54, 1.807) is 36.5 Å². The normalized spacial score (nSPS) is 12.4. The van der Waals surface area contributed by atoms with Crippen LogP contribution in [-0.4, -0.2) is 33.4 Å². The lowest BCUT2D eigenvalue weighted by molar-refractivity contribution is 0.265. The SMILES string of the molecule is COc1ccc(-n2cncc2C(N)CO)cn1. The van der Waals surface area contributed by atoms with Crippen molar-refractivity contribution in [2.45, 2.75) is 6.04 Å². The van der Waals surface area contributed by atoms with Crippen LogP contribution in [0.2, 0.25) is 0 Å². The number of nitrogens with zero attached hydrogens (tertiary/aromatic N) is 3. The number of rotatable bonds is 4. The van der Waals surface area contributed by atoms with E-state index in [9.17, 15) is 0 Å². The van der Waals surface area contributed by atoms with E-state index in [4.69, 9.17) is 15.6 Å². The summed E-state index contributed by atoms with van der Waals surface area (Å²) < 4.78 is 6.77. The van der Waals surface area contributed by atoms with E-state index >= 15 is 0 Å². The molecule has 0 aliphatic rings. The maximum absolute atomic E-state index is 9.06. The van der Waals surface area contributed by atoms with Crippen LogP contribution in [-0.2, 0) is 0 Å². The molecule has 0 saturated carbocycles. The number of ether oxygens (including phenoxy) is 1. The summed E-state index contributed by atoms with van der Waals surface area (Å²) in [5.41, 5.74) is 7.33. The lowest BCUT2D eigenvalue weighted by atomic mass is 10.2. The van der Waals surface area contributed by atoms with Gasteiger partial charge in [-0.25, -0.2) is 9.97 Å². The molecule has 2 rings (SSSR count). The first kappa shape index (κ1) is 11.6. The van der Waals surface area contributed by atoms with Crippen LogP contribution in [0.15, 0.2) is 30.9 Å². The van der Waals surface area contributed by atoms with E-state index in [2.05, 4.69) is 9.97 Å². The molecule has 17 heavy (non-hydrogen) atoms. The van der Waals surface area contributed by atoms with Gasteiger partial charge in [-0.2, -0.15) is 0 Å². The highest BCUT2D eigenvalue weighted by Gasteiger charge is 2.11. The van der Waals surface area contributed by atoms with Gasteiger partial charge in [0.2, 0.25) is 5.88 Å². The molecule has 90 valence electrons. The number of hydrogen-bond donors (Lipinski definition) is 2. The molecule has 0 bridgehead atoms. The highest BCUT2D eigenvalue weighted by atomic mass is 16.5. The molecule has 2 aromatic heterocycles. The molecule has 0 saturated heterocycles. The molecular weight excluding hydrogens is 220 g/mol. The summed E-state index contributed by atoms with van der Waals surface area (Å²) in [6, 6.07) is 3.14. The van der Waals surface area contributed by atoms with E-state index in [0.29, 0.717) is 5.88 Å². The Morgan fingerprint density at radius 3 is 2.88 bits per heavy atom. The number of aromatic nitrogens is 3. The lowest BCUT2D eigenvalue weighted by Crippen LogP contribution is -2.18. The number of nitrogens with two attached hydrogens (primary N) is 1. The monoisotopic (exact) mass is 234 g/mol. The van der Waals surface area contributed by atoms with Crippen molar-refractivity contribution in [1.29, 1.82) is 0 Å². The smallest absolute Gasteiger partial charge is 0.213 e. The van der Waals surface area contributed by atoms with Crippen LogP contribution in [0.1, 0.15) is 11.7 Å². The average Bonchev–Trinajstić information content (AvgIpc) is 2.87. The Morgan fingerprint density at radius 2 is 2.29 bits per heavy atom. The molecule has 1 atom stereocenters. The van der Waals surface area contributed by atoms with E-state index in [1.807, 2.05) is 6.07 Å². The first-order chi connectivity index (χ1) is 8.26. The molecule has 0 aliphatic carbocycles. The van der Waals surface area contributed by atoms with Crippen molar-refractivity contribution in [1.82, 2.24) is 14.5 Å². The Balaban J connectivity index is 2.35. The number of imidazole rings is 1. The molecule has 6 nitrogen and oxygen atoms in total. The summed E-state index contributed by atoms with van der Waals surface area (Å²) in [6.45, 7) is -0.130. The van der Waals surface area contributed by atoms with Crippen LogP contribution < -0.4 is 10.5 Å². The molecular formula is C11H14N4O2. The topological polar surface area (TPSA) is 86.2 Å². The second-order valence-corrected chi connectivity index (χ2v) is 3.54. The standard InChI is InChI=1S/C11H14N4O2/c1-17-11-3-2-8(4-14-11)15-7-13-5-10(15)9(12)6-16/h2-5,7,9,16H,6,12H2,1H3. The fraction of sp³-hybridized carbons (Fsp3) is 0.273. The average molecular weight is 234 g/mol. The van der Waals surface area contributed by atoms with Gasteiger partial charge >= 0.3 is 0 Å². The zero-order valence-corrected chi connectivity index (χ0v) is 9.45. The fourth-order valence-corrected chi connectivity index (χ4v) is 1.52. The Hall–Kier alpha value is -1.92. The van der Waals surface area contributed by atoms with Gasteiger partial charge in [0.25, 0.3) is 0 Å². The zero-order valence-electron chi connectivity index (χ0n) is 9.45. The highest BCUT2D eigenvalue weighted by molar-refractivity contribution is 5.34.